The molecule has 0 radical (unpaired) electrons. The average molecular weight is 343 g/mol. The molecule has 0 bridgehead atoms. The fourth-order valence-corrected chi connectivity index (χ4v) is 2.25. The van der Waals surface area contributed by atoms with Crippen molar-refractivity contribution in [2.75, 3.05) is 13.2 Å². The highest BCUT2D eigenvalue weighted by Gasteiger charge is 2.10. The minimum atomic E-state index is -0.980. The lowest BCUT2D eigenvalue weighted by molar-refractivity contribution is 0.0696. The summed E-state index contributed by atoms with van der Waals surface area (Å²) >= 11 is 0. The Kier molecular flexibility index (Phi) is 6.39. The van der Waals surface area contributed by atoms with Crippen LogP contribution in [0.5, 0.6) is 11.5 Å². The summed E-state index contributed by atoms with van der Waals surface area (Å²) in [4.78, 5) is 23.2. The van der Waals surface area contributed by atoms with Crippen LogP contribution in [0.1, 0.15) is 40.1 Å². The molecule has 6 nitrogen and oxygen atoms in total. The number of amides is 1. The first kappa shape index (κ1) is 18.3. The topological polar surface area (TPSA) is 84.9 Å². The zero-order chi connectivity index (χ0) is 18.2. The maximum atomic E-state index is 12.4. The van der Waals surface area contributed by atoms with Crippen LogP contribution in [0.25, 0.3) is 0 Å². The van der Waals surface area contributed by atoms with Crippen molar-refractivity contribution in [1.82, 2.24) is 5.32 Å². The van der Waals surface area contributed by atoms with Gasteiger partial charge in [-0.15, -0.1) is 0 Å². The van der Waals surface area contributed by atoms with E-state index in [0.29, 0.717) is 36.8 Å². The number of aromatic carboxylic acids is 1. The van der Waals surface area contributed by atoms with Crippen molar-refractivity contribution < 1.29 is 24.2 Å². The minimum Gasteiger partial charge on any atom is -0.494 e. The number of carbonyl (C=O) groups excluding carboxylic acids is 1. The molecule has 0 fully saturated rings. The van der Waals surface area contributed by atoms with E-state index in [4.69, 9.17) is 14.6 Å². The molecule has 0 saturated heterocycles. The number of carbonyl (C=O) groups is 2. The summed E-state index contributed by atoms with van der Waals surface area (Å²) in [6.07, 6.45) is 0. The van der Waals surface area contributed by atoms with Gasteiger partial charge in [0.25, 0.3) is 5.91 Å². The molecule has 0 aliphatic carbocycles. The number of hydrogen-bond donors (Lipinski definition) is 2. The molecule has 0 aliphatic heterocycles. The number of carboxylic acids is 1. The van der Waals surface area contributed by atoms with Gasteiger partial charge in [-0.1, -0.05) is 12.1 Å². The fourth-order valence-electron chi connectivity index (χ4n) is 2.25. The fraction of sp³-hybridized carbons (Fsp3) is 0.263. The first-order valence-electron chi connectivity index (χ1n) is 8.04. The molecule has 6 heteroatoms. The molecule has 2 N–H and O–H groups in total. The van der Waals surface area contributed by atoms with Gasteiger partial charge in [-0.2, -0.15) is 0 Å². The minimum absolute atomic E-state index is 0.209. The second-order valence-electron chi connectivity index (χ2n) is 5.24. The van der Waals surface area contributed by atoms with Crippen molar-refractivity contribution in [2.45, 2.75) is 20.4 Å². The molecular formula is C19H21NO5. The van der Waals surface area contributed by atoms with Gasteiger partial charge in [0.15, 0.2) is 0 Å². The van der Waals surface area contributed by atoms with E-state index < -0.39 is 5.97 Å². The van der Waals surface area contributed by atoms with Crippen molar-refractivity contribution in [3.8, 4) is 11.5 Å². The maximum absolute atomic E-state index is 12.4. The quantitative estimate of drug-likeness (QED) is 0.769. The van der Waals surface area contributed by atoms with Crippen LogP contribution in [0, 0.1) is 0 Å². The molecule has 0 saturated carbocycles. The molecule has 0 heterocycles. The normalized spacial score (nSPS) is 10.2. The van der Waals surface area contributed by atoms with Crippen molar-refractivity contribution in [3.63, 3.8) is 0 Å². The first-order chi connectivity index (χ1) is 12.0. The van der Waals surface area contributed by atoms with Crippen LogP contribution in [0.15, 0.2) is 42.5 Å². The molecular weight excluding hydrogens is 322 g/mol. The van der Waals surface area contributed by atoms with Crippen LogP contribution in [-0.2, 0) is 6.54 Å². The van der Waals surface area contributed by atoms with Gasteiger partial charge in [-0.3, -0.25) is 4.79 Å². The van der Waals surface area contributed by atoms with E-state index >= 15 is 0 Å². The Morgan fingerprint density at radius 2 is 1.48 bits per heavy atom. The third kappa shape index (κ3) is 5.24. The first-order valence-corrected chi connectivity index (χ1v) is 8.04. The standard InChI is InChI=1S/C19H21NO5/c1-3-24-16-9-15(10-17(11-16)25-4-2)18(21)20-12-13-5-7-14(8-6-13)19(22)23/h5-11H,3-4,12H2,1-2H3,(H,20,21)(H,22,23). The smallest absolute Gasteiger partial charge is 0.335 e. The number of nitrogens with one attached hydrogen (secondary N) is 1. The Morgan fingerprint density at radius 3 is 1.96 bits per heavy atom. The number of ether oxygens (including phenoxy) is 2. The van der Waals surface area contributed by atoms with Crippen LogP contribution < -0.4 is 14.8 Å². The third-order valence-electron chi connectivity index (χ3n) is 3.42. The van der Waals surface area contributed by atoms with Crippen LogP contribution in [-0.4, -0.2) is 30.2 Å². The van der Waals surface area contributed by atoms with E-state index in [9.17, 15) is 9.59 Å². The van der Waals surface area contributed by atoms with Gasteiger partial charge in [-0.05, 0) is 43.7 Å². The van der Waals surface area contributed by atoms with Gasteiger partial charge in [0.05, 0.1) is 18.8 Å². The monoisotopic (exact) mass is 343 g/mol. The van der Waals surface area contributed by atoms with Crippen molar-refractivity contribution in [1.29, 1.82) is 0 Å². The largest absolute Gasteiger partial charge is 0.494 e. The molecule has 2 aromatic carbocycles. The van der Waals surface area contributed by atoms with E-state index in [2.05, 4.69) is 5.32 Å². The molecule has 2 rings (SSSR count). The van der Waals surface area contributed by atoms with Gasteiger partial charge in [-0.25, -0.2) is 4.79 Å². The van der Waals surface area contributed by atoms with Crippen molar-refractivity contribution >= 4 is 11.9 Å². The van der Waals surface area contributed by atoms with E-state index in [1.54, 1.807) is 30.3 Å². The van der Waals surface area contributed by atoms with Gasteiger partial charge in [0, 0.05) is 18.2 Å². The Labute approximate surface area is 146 Å². The Hall–Kier alpha value is -3.02. The highest BCUT2D eigenvalue weighted by atomic mass is 16.5. The molecule has 1 amide bonds. The predicted octanol–water partition coefficient (Wildman–Crippen LogP) is 3.11. The lowest BCUT2D eigenvalue weighted by Gasteiger charge is -2.11. The van der Waals surface area contributed by atoms with E-state index in [-0.39, 0.29) is 11.5 Å². The molecule has 0 atom stereocenters. The zero-order valence-electron chi connectivity index (χ0n) is 14.2. The van der Waals surface area contributed by atoms with Gasteiger partial charge < -0.3 is 19.9 Å². The summed E-state index contributed by atoms with van der Waals surface area (Å²) in [5.74, 6) is -0.0922. The van der Waals surface area contributed by atoms with Gasteiger partial charge in [0.1, 0.15) is 11.5 Å². The molecule has 25 heavy (non-hydrogen) atoms. The Morgan fingerprint density at radius 1 is 0.920 bits per heavy atom. The van der Waals surface area contributed by atoms with Gasteiger partial charge >= 0.3 is 5.97 Å². The molecule has 2 aromatic rings. The van der Waals surface area contributed by atoms with E-state index in [1.807, 2.05) is 13.8 Å². The van der Waals surface area contributed by atoms with Crippen LogP contribution in [0.4, 0.5) is 0 Å². The molecule has 0 aliphatic rings. The third-order valence-corrected chi connectivity index (χ3v) is 3.42. The molecule has 0 unspecified atom stereocenters. The van der Waals surface area contributed by atoms with Crippen LogP contribution in [0.3, 0.4) is 0 Å². The SMILES string of the molecule is CCOc1cc(OCC)cc(C(=O)NCc2ccc(C(=O)O)cc2)c1. The highest BCUT2D eigenvalue weighted by molar-refractivity contribution is 5.95. The van der Waals surface area contributed by atoms with Crippen molar-refractivity contribution in [3.05, 3.63) is 59.2 Å². The average Bonchev–Trinajstić information content (AvgIpc) is 2.60. The second-order valence-corrected chi connectivity index (χ2v) is 5.24. The van der Waals surface area contributed by atoms with Crippen LogP contribution >= 0.6 is 0 Å². The summed E-state index contributed by atoms with van der Waals surface area (Å²) < 4.78 is 10.9. The summed E-state index contributed by atoms with van der Waals surface area (Å²) in [6, 6.07) is 11.4. The number of carboxylic acid groups (broad SMARTS) is 1. The number of rotatable bonds is 8. The zero-order valence-corrected chi connectivity index (χ0v) is 14.2. The number of hydrogen-bond acceptors (Lipinski definition) is 4. The van der Waals surface area contributed by atoms with E-state index in [1.165, 1.54) is 12.1 Å². The lowest BCUT2D eigenvalue weighted by Crippen LogP contribution is -2.23. The molecule has 0 aromatic heterocycles. The lowest BCUT2D eigenvalue weighted by atomic mass is 10.1. The Balaban J connectivity index is 2.07. The number of benzene rings is 2. The summed E-state index contributed by atoms with van der Waals surface area (Å²) in [7, 11) is 0. The summed E-state index contributed by atoms with van der Waals surface area (Å²) in [6.45, 7) is 5.02. The summed E-state index contributed by atoms with van der Waals surface area (Å²) in [5, 5.41) is 11.7. The van der Waals surface area contributed by atoms with Gasteiger partial charge in [0.2, 0.25) is 0 Å². The van der Waals surface area contributed by atoms with E-state index in [0.717, 1.165) is 5.56 Å². The molecule has 0 spiro atoms. The maximum Gasteiger partial charge on any atom is 0.335 e. The van der Waals surface area contributed by atoms with Crippen LogP contribution in [0.2, 0.25) is 0 Å². The highest BCUT2D eigenvalue weighted by Crippen LogP contribution is 2.23. The Bertz CT molecular complexity index is 716. The predicted molar refractivity (Wildman–Crippen MR) is 93.4 cm³/mol. The molecule has 132 valence electrons. The second kappa shape index (κ2) is 8.73. The van der Waals surface area contributed by atoms with Crippen molar-refractivity contribution in [2.24, 2.45) is 0 Å². The summed E-state index contributed by atoms with van der Waals surface area (Å²) in [5.41, 5.74) is 1.46.